The van der Waals surface area contributed by atoms with E-state index in [1.165, 1.54) is 0 Å². The third kappa shape index (κ3) is 5.25. The largest absolute Gasteiger partial charge is 0.494 e. The van der Waals surface area contributed by atoms with Gasteiger partial charge in [-0.15, -0.1) is 0 Å². The summed E-state index contributed by atoms with van der Waals surface area (Å²) < 4.78 is 11.2. The Morgan fingerprint density at radius 3 is 2.44 bits per heavy atom. The van der Waals surface area contributed by atoms with Gasteiger partial charge in [-0.2, -0.15) is 0 Å². The van der Waals surface area contributed by atoms with Crippen molar-refractivity contribution in [3.63, 3.8) is 0 Å². The van der Waals surface area contributed by atoms with Crippen LogP contribution in [0, 0.1) is 0 Å². The molecule has 1 N–H and O–H groups in total. The van der Waals surface area contributed by atoms with Crippen molar-refractivity contribution < 1.29 is 14.3 Å². The standard InChI is InChI=1S/C22H20ClNO3/c1-2-26-19-12-10-18(11-13-19)24-22(25)16-7-5-8-20(14-16)27-15-17-6-3-4-9-21(17)23/h3-14H,2,15H2,1H3,(H,24,25). The van der Waals surface area contributed by atoms with E-state index < -0.39 is 0 Å². The van der Waals surface area contributed by atoms with Gasteiger partial charge in [0.25, 0.3) is 5.91 Å². The molecule has 0 bridgehead atoms. The molecule has 3 aromatic carbocycles. The fourth-order valence-corrected chi connectivity index (χ4v) is 2.70. The Bertz CT molecular complexity index is 909. The normalized spacial score (nSPS) is 10.3. The van der Waals surface area contributed by atoms with Crippen molar-refractivity contribution in [1.82, 2.24) is 0 Å². The molecule has 0 aliphatic carbocycles. The van der Waals surface area contributed by atoms with Gasteiger partial charge in [0, 0.05) is 21.8 Å². The molecule has 0 aliphatic heterocycles. The van der Waals surface area contributed by atoms with E-state index in [0.29, 0.717) is 35.2 Å². The maximum Gasteiger partial charge on any atom is 0.255 e. The molecule has 1 amide bonds. The first-order valence-electron chi connectivity index (χ1n) is 8.66. The minimum atomic E-state index is -0.206. The molecule has 5 heteroatoms. The number of carbonyl (C=O) groups excluding carboxylic acids is 1. The van der Waals surface area contributed by atoms with Crippen LogP contribution in [0.5, 0.6) is 11.5 Å². The lowest BCUT2D eigenvalue weighted by atomic mass is 10.2. The lowest BCUT2D eigenvalue weighted by molar-refractivity contribution is 0.102. The second-order valence-electron chi connectivity index (χ2n) is 5.82. The van der Waals surface area contributed by atoms with Gasteiger partial charge < -0.3 is 14.8 Å². The summed E-state index contributed by atoms with van der Waals surface area (Å²) in [4.78, 5) is 12.5. The third-order valence-electron chi connectivity index (χ3n) is 3.87. The van der Waals surface area contributed by atoms with E-state index in [4.69, 9.17) is 21.1 Å². The molecule has 0 heterocycles. The molecule has 27 heavy (non-hydrogen) atoms. The van der Waals surface area contributed by atoms with Crippen molar-refractivity contribution in [2.45, 2.75) is 13.5 Å². The van der Waals surface area contributed by atoms with Crippen LogP contribution in [0.3, 0.4) is 0 Å². The molecule has 0 atom stereocenters. The van der Waals surface area contributed by atoms with E-state index in [-0.39, 0.29) is 5.91 Å². The molecule has 0 saturated heterocycles. The molecule has 0 saturated carbocycles. The maximum atomic E-state index is 12.5. The van der Waals surface area contributed by atoms with Crippen molar-refractivity contribution in [1.29, 1.82) is 0 Å². The number of carbonyl (C=O) groups is 1. The second-order valence-corrected chi connectivity index (χ2v) is 6.23. The zero-order valence-corrected chi connectivity index (χ0v) is 15.7. The SMILES string of the molecule is CCOc1ccc(NC(=O)c2cccc(OCc3ccccc3Cl)c2)cc1. The van der Waals surface area contributed by atoms with Crippen LogP contribution in [0.2, 0.25) is 5.02 Å². The van der Waals surface area contributed by atoms with E-state index in [1.54, 1.807) is 30.3 Å². The summed E-state index contributed by atoms with van der Waals surface area (Å²) in [7, 11) is 0. The molecular weight excluding hydrogens is 362 g/mol. The van der Waals surface area contributed by atoms with Crippen molar-refractivity contribution in [3.8, 4) is 11.5 Å². The zero-order chi connectivity index (χ0) is 19.1. The summed E-state index contributed by atoms with van der Waals surface area (Å²) in [5.41, 5.74) is 2.11. The van der Waals surface area contributed by atoms with Gasteiger partial charge in [-0.25, -0.2) is 0 Å². The van der Waals surface area contributed by atoms with Crippen LogP contribution in [0.4, 0.5) is 5.69 Å². The third-order valence-corrected chi connectivity index (χ3v) is 4.24. The quantitative estimate of drug-likeness (QED) is 0.582. The molecule has 0 unspecified atom stereocenters. The lowest BCUT2D eigenvalue weighted by Gasteiger charge is -2.10. The number of anilines is 1. The smallest absolute Gasteiger partial charge is 0.255 e. The molecule has 0 aliphatic rings. The number of rotatable bonds is 7. The van der Waals surface area contributed by atoms with Crippen molar-refractivity contribution in [3.05, 3.63) is 88.9 Å². The van der Waals surface area contributed by atoms with E-state index >= 15 is 0 Å². The summed E-state index contributed by atoms with van der Waals surface area (Å²) in [5, 5.41) is 3.52. The highest BCUT2D eigenvalue weighted by Crippen LogP contribution is 2.21. The van der Waals surface area contributed by atoms with Gasteiger partial charge in [-0.05, 0) is 55.5 Å². The van der Waals surface area contributed by atoms with Gasteiger partial charge in [0.15, 0.2) is 0 Å². The van der Waals surface area contributed by atoms with Crippen LogP contribution >= 0.6 is 11.6 Å². The first kappa shape index (κ1) is 18.8. The van der Waals surface area contributed by atoms with Crippen LogP contribution in [-0.2, 0) is 6.61 Å². The molecule has 138 valence electrons. The first-order chi connectivity index (χ1) is 13.2. The molecule has 3 aromatic rings. The Kier molecular flexibility index (Phi) is 6.34. The highest BCUT2D eigenvalue weighted by molar-refractivity contribution is 6.31. The molecule has 4 nitrogen and oxygen atoms in total. The number of halogens is 1. The minimum Gasteiger partial charge on any atom is -0.494 e. The fraction of sp³-hybridized carbons (Fsp3) is 0.136. The highest BCUT2D eigenvalue weighted by atomic mass is 35.5. The predicted molar refractivity (Wildman–Crippen MR) is 108 cm³/mol. The number of hydrogen-bond donors (Lipinski definition) is 1. The van der Waals surface area contributed by atoms with E-state index in [9.17, 15) is 4.79 Å². The number of hydrogen-bond acceptors (Lipinski definition) is 3. The molecule has 0 aromatic heterocycles. The Morgan fingerprint density at radius 1 is 0.926 bits per heavy atom. The van der Waals surface area contributed by atoms with Gasteiger partial charge in [-0.3, -0.25) is 4.79 Å². The minimum absolute atomic E-state index is 0.206. The van der Waals surface area contributed by atoms with Crippen LogP contribution in [-0.4, -0.2) is 12.5 Å². The maximum absolute atomic E-state index is 12.5. The van der Waals surface area contributed by atoms with Crippen LogP contribution in [0.15, 0.2) is 72.8 Å². The van der Waals surface area contributed by atoms with Gasteiger partial charge >= 0.3 is 0 Å². The summed E-state index contributed by atoms with van der Waals surface area (Å²) >= 11 is 6.14. The molecule has 0 spiro atoms. The monoisotopic (exact) mass is 381 g/mol. The van der Waals surface area contributed by atoms with Gasteiger partial charge in [0.05, 0.1) is 6.61 Å². The average Bonchev–Trinajstić information content (AvgIpc) is 2.69. The van der Waals surface area contributed by atoms with E-state index in [1.807, 2.05) is 49.4 Å². The van der Waals surface area contributed by atoms with Gasteiger partial charge in [-0.1, -0.05) is 35.9 Å². The van der Waals surface area contributed by atoms with Crippen molar-refractivity contribution in [2.24, 2.45) is 0 Å². The molecular formula is C22H20ClNO3. The highest BCUT2D eigenvalue weighted by Gasteiger charge is 2.08. The van der Waals surface area contributed by atoms with Crippen molar-refractivity contribution >= 4 is 23.2 Å². The lowest BCUT2D eigenvalue weighted by Crippen LogP contribution is -2.12. The topological polar surface area (TPSA) is 47.6 Å². The Morgan fingerprint density at radius 2 is 1.70 bits per heavy atom. The molecule has 0 radical (unpaired) electrons. The van der Waals surface area contributed by atoms with E-state index in [0.717, 1.165) is 11.3 Å². The predicted octanol–water partition coefficient (Wildman–Crippen LogP) is 5.57. The summed E-state index contributed by atoms with van der Waals surface area (Å²) in [6.07, 6.45) is 0. The molecule has 3 rings (SSSR count). The molecule has 0 fully saturated rings. The Hall–Kier alpha value is -2.98. The van der Waals surface area contributed by atoms with Gasteiger partial charge in [0.2, 0.25) is 0 Å². The number of benzene rings is 3. The Labute approximate surface area is 163 Å². The number of ether oxygens (including phenoxy) is 2. The van der Waals surface area contributed by atoms with Gasteiger partial charge in [0.1, 0.15) is 18.1 Å². The summed E-state index contributed by atoms with van der Waals surface area (Å²) in [5.74, 6) is 1.17. The summed E-state index contributed by atoms with van der Waals surface area (Å²) in [6, 6.07) is 21.8. The zero-order valence-electron chi connectivity index (χ0n) is 14.9. The Balaban J connectivity index is 1.63. The van der Waals surface area contributed by atoms with Crippen LogP contribution in [0.1, 0.15) is 22.8 Å². The van der Waals surface area contributed by atoms with E-state index in [2.05, 4.69) is 5.32 Å². The van der Waals surface area contributed by atoms with Crippen LogP contribution in [0.25, 0.3) is 0 Å². The fourth-order valence-electron chi connectivity index (χ4n) is 2.51. The summed E-state index contributed by atoms with van der Waals surface area (Å²) in [6.45, 7) is 2.87. The van der Waals surface area contributed by atoms with Crippen LogP contribution < -0.4 is 14.8 Å². The van der Waals surface area contributed by atoms with Crippen molar-refractivity contribution in [2.75, 3.05) is 11.9 Å². The second kappa shape index (κ2) is 9.10. The average molecular weight is 382 g/mol. The number of nitrogens with one attached hydrogen (secondary N) is 1. The number of amides is 1. The first-order valence-corrected chi connectivity index (χ1v) is 9.04.